The average molecular weight is 491 g/mol. The molecule has 4 aromatic rings. The van der Waals surface area contributed by atoms with Gasteiger partial charge in [-0.2, -0.15) is 0 Å². The number of anilines is 2. The molecule has 10 heteroatoms. The summed E-state index contributed by atoms with van der Waals surface area (Å²) < 4.78 is 6.19. The number of aryl methyl sites for hydroxylation is 1. The third-order valence-corrected chi connectivity index (χ3v) is 6.36. The number of nitrogens with zero attached hydrogens (tertiary/aromatic N) is 2. The number of esters is 1. The van der Waals surface area contributed by atoms with Gasteiger partial charge in [-0.3, -0.25) is 19.0 Å². The van der Waals surface area contributed by atoms with E-state index in [0.717, 1.165) is 11.3 Å². The largest absolute Gasteiger partial charge is 0.462 e. The maximum absolute atomic E-state index is 13.1. The Morgan fingerprint density at radius 2 is 1.74 bits per heavy atom. The Kier molecular flexibility index (Phi) is 7.02. The van der Waals surface area contributed by atoms with Crippen LogP contribution in [-0.4, -0.2) is 33.9 Å². The number of carbonyl (C=O) groups excluding carboxylic acids is 3. The van der Waals surface area contributed by atoms with Crippen molar-refractivity contribution in [3.8, 4) is 0 Å². The van der Waals surface area contributed by atoms with E-state index in [2.05, 4.69) is 15.6 Å². The summed E-state index contributed by atoms with van der Waals surface area (Å²) >= 11 is 1.12. The SMILES string of the molecule is CCOC(=O)c1ccccc1NC(=O)Cn1cnc2sc(C(=O)Nc3ccccc3)c(C)c2c1=O. The topological polar surface area (TPSA) is 119 Å². The van der Waals surface area contributed by atoms with Gasteiger partial charge in [-0.25, -0.2) is 9.78 Å². The van der Waals surface area contributed by atoms with Gasteiger partial charge < -0.3 is 15.4 Å². The molecule has 35 heavy (non-hydrogen) atoms. The Bertz CT molecular complexity index is 1480. The molecule has 2 aromatic carbocycles. The Morgan fingerprint density at radius 3 is 2.49 bits per heavy atom. The van der Waals surface area contributed by atoms with Crippen molar-refractivity contribution in [3.05, 3.63) is 87.3 Å². The van der Waals surface area contributed by atoms with Gasteiger partial charge in [-0.1, -0.05) is 30.3 Å². The minimum atomic E-state index is -0.557. The monoisotopic (exact) mass is 490 g/mol. The number of thiophene rings is 1. The van der Waals surface area contributed by atoms with Crippen LogP contribution >= 0.6 is 11.3 Å². The lowest BCUT2D eigenvalue weighted by molar-refractivity contribution is -0.116. The summed E-state index contributed by atoms with van der Waals surface area (Å²) in [5.41, 5.74) is 1.20. The fourth-order valence-electron chi connectivity index (χ4n) is 3.52. The van der Waals surface area contributed by atoms with E-state index in [0.29, 0.717) is 21.0 Å². The highest BCUT2D eigenvalue weighted by molar-refractivity contribution is 7.20. The van der Waals surface area contributed by atoms with Gasteiger partial charge in [0.2, 0.25) is 5.91 Å². The van der Waals surface area contributed by atoms with Crippen LogP contribution in [0.25, 0.3) is 10.2 Å². The highest BCUT2D eigenvalue weighted by Crippen LogP contribution is 2.27. The van der Waals surface area contributed by atoms with E-state index in [1.807, 2.05) is 18.2 Å². The van der Waals surface area contributed by atoms with Crippen LogP contribution < -0.4 is 16.2 Å². The number of aromatic nitrogens is 2. The quantitative estimate of drug-likeness (QED) is 0.380. The number of nitrogens with one attached hydrogen (secondary N) is 2. The number of rotatable bonds is 7. The van der Waals surface area contributed by atoms with Crippen molar-refractivity contribution in [2.45, 2.75) is 20.4 Å². The highest BCUT2D eigenvalue weighted by Gasteiger charge is 2.21. The maximum Gasteiger partial charge on any atom is 0.340 e. The first-order chi connectivity index (χ1) is 16.9. The van der Waals surface area contributed by atoms with E-state index in [-0.39, 0.29) is 35.7 Å². The molecule has 2 heterocycles. The molecule has 0 aliphatic carbocycles. The van der Waals surface area contributed by atoms with Crippen LogP contribution in [-0.2, 0) is 16.1 Å². The van der Waals surface area contributed by atoms with E-state index < -0.39 is 17.4 Å². The van der Waals surface area contributed by atoms with Crippen LogP contribution in [0.5, 0.6) is 0 Å². The minimum Gasteiger partial charge on any atom is -0.462 e. The Balaban J connectivity index is 1.56. The summed E-state index contributed by atoms with van der Waals surface area (Å²) in [6, 6.07) is 15.5. The molecule has 0 bridgehead atoms. The van der Waals surface area contributed by atoms with Crippen molar-refractivity contribution in [2.24, 2.45) is 0 Å². The number of hydrogen-bond acceptors (Lipinski definition) is 7. The van der Waals surface area contributed by atoms with E-state index in [1.54, 1.807) is 50.2 Å². The third-order valence-electron chi connectivity index (χ3n) is 5.17. The van der Waals surface area contributed by atoms with E-state index in [4.69, 9.17) is 4.74 Å². The van der Waals surface area contributed by atoms with Crippen molar-refractivity contribution in [1.82, 2.24) is 9.55 Å². The molecule has 0 aliphatic heterocycles. The predicted octanol–water partition coefficient (Wildman–Crippen LogP) is 3.83. The van der Waals surface area contributed by atoms with Crippen LogP contribution in [0.15, 0.2) is 65.7 Å². The van der Waals surface area contributed by atoms with Gasteiger partial charge >= 0.3 is 5.97 Å². The van der Waals surface area contributed by atoms with Crippen LogP contribution in [0.1, 0.15) is 32.5 Å². The molecule has 0 saturated heterocycles. The lowest BCUT2D eigenvalue weighted by Crippen LogP contribution is -2.28. The van der Waals surface area contributed by atoms with Gasteiger partial charge in [0.05, 0.1) is 34.4 Å². The van der Waals surface area contributed by atoms with Gasteiger partial charge in [-0.05, 0) is 43.7 Å². The molecule has 178 valence electrons. The number of ether oxygens (including phenoxy) is 1. The number of benzene rings is 2. The van der Waals surface area contributed by atoms with Crippen LogP contribution in [0.2, 0.25) is 0 Å². The number of hydrogen-bond donors (Lipinski definition) is 2. The lowest BCUT2D eigenvalue weighted by atomic mass is 10.2. The molecule has 2 N–H and O–H groups in total. The van der Waals surface area contributed by atoms with Crippen LogP contribution in [0, 0.1) is 6.92 Å². The van der Waals surface area contributed by atoms with Crippen molar-refractivity contribution < 1.29 is 19.1 Å². The summed E-state index contributed by atoms with van der Waals surface area (Å²) in [5.74, 6) is -1.41. The molecular weight excluding hydrogens is 468 g/mol. The molecule has 0 fully saturated rings. The molecule has 0 spiro atoms. The Morgan fingerprint density at radius 1 is 1.03 bits per heavy atom. The second kappa shape index (κ2) is 10.3. The molecule has 0 unspecified atom stereocenters. The number of carbonyl (C=O) groups is 3. The maximum atomic E-state index is 13.1. The zero-order chi connectivity index (χ0) is 24.9. The van der Waals surface area contributed by atoms with E-state index in [1.165, 1.54) is 10.9 Å². The van der Waals surface area contributed by atoms with Gasteiger partial charge in [0.25, 0.3) is 11.5 Å². The third kappa shape index (κ3) is 5.12. The van der Waals surface area contributed by atoms with Crippen molar-refractivity contribution in [3.63, 3.8) is 0 Å². The highest BCUT2D eigenvalue weighted by atomic mass is 32.1. The molecule has 9 nitrogen and oxygen atoms in total. The number of fused-ring (bicyclic) bond motifs is 1. The van der Waals surface area contributed by atoms with E-state index in [9.17, 15) is 19.2 Å². The van der Waals surface area contributed by atoms with Gasteiger partial charge in [0.1, 0.15) is 11.4 Å². The van der Waals surface area contributed by atoms with Crippen LogP contribution in [0.3, 0.4) is 0 Å². The number of amides is 2. The zero-order valence-corrected chi connectivity index (χ0v) is 19.8. The van der Waals surface area contributed by atoms with Crippen molar-refractivity contribution >= 4 is 50.7 Å². The summed E-state index contributed by atoms with van der Waals surface area (Å²) in [6.45, 7) is 3.26. The first kappa shape index (κ1) is 23.8. The lowest BCUT2D eigenvalue weighted by Gasteiger charge is -2.11. The first-order valence-electron chi connectivity index (χ1n) is 10.8. The van der Waals surface area contributed by atoms with Crippen molar-refractivity contribution in [1.29, 1.82) is 0 Å². The molecule has 2 amide bonds. The van der Waals surface area contributed by atoms with Gasteiger partial charge in [0, 0.05) is 5.69 Å². The standard InChI is InChI=1S/C25H22N4O5S/c1-3-34-25(33)17-11-7-8-12-18(17)28-19(30)13-29-14-26-23-20(24(29)32)15(2)21(35-23)22(31)27-16-9-5-4-6-10-16/h4-12,14H,3,13H2,1-2H3,(H,27,31)(H,28,30). The fraction of sp³-hybridized carbons (Fsp3) is 0.160. The summed E-state index contributed by atoms with van der Waals surface area (Å²) in [5, 5.41) is 5.75. The molecule has 4 rings (SSSR count). The molecule has 0 radical (unpaired) electrons. The van der Waals surface area contributed by atoms with E-state index >= 15 is 0 Å². The second-order valence-electron chi connectivity index (χ2n) is 7.55. The fourth-order valence-corrected chi connectivity index (χ4v) is 4.56. The summed E-state index contributed by atoms with van der Waals surface area (Å²) in [4.78, 5) is 55.8. The zero-order valence-electron chi connectivity index (χ0n) is 19.0. The molecule has 0 saturated carbocycles. The molecule has 0 aliphatic rings. The minimum absolute atomic E-state index is 0.202. The van der Waals surface area contributed by atoms with Gasteiger partial charge in [0.15, 0.2) is 0 Å². The second-order valence-corrected chi connectivity index (χ2v) is 8.55. The first-order valence-corrected chi connectivity index (χ1v) is 11.6. The number of para-hydroxylation sites is 2. The predicted molar refractivity (Wildman–Crippen MR) is 134 cm³/mol. The Labute approximate surface area is 204 Å². The normalized spacial score (nSPS) is 10.7. The average Bonchev–Trinajstić information content (AvgIpc) is 3.19. The van der Waals surface area contributed by atoms with Gasteiger partial charge in [-0.15, -0.1) is 11.3 Å². The molecular formula is C25H22N4O5S. The summed E-state index contributed by atoms with van der Waals surface area (Å²) in [6.07, 6.45) is 1.27. The van der Waals surface area contributed by atoms with Crippen LogP contribution in [0.4, 0.5) is 11.4 Å². The molecule has 2 aromatic heterocycles. The smallest absolute Gasteiger partial charge is 0.340 e. The molecule has 0 atom stereocenters. The van der Waals surface area contributed by atoms with Crippen molar-refractivity contribution in [2.75, 3.05) is 17.2 Å². The summed E-state index contributed by atoms with van der Waals surface area (Å²) in [7, 11) is 0. The Hall–Kier alpha value is -4.31.